The van der Waals surface area contributed by atoms with E-state index in [0.29, 0.717) is 10.3 Å². The first-order valence-corrected chi connectivity index (χ1v) is 20.0. The van der Waals surface area contributed by atoms with Crippen molar-refractivity contribution in [3.8, 4) is 0 Å². The zero-order valence-corrected chi connectivity index (χ0v) is 35.8. The lowest BCUT2D eigenvalue weighted by Gasteiger charge is -2.20. The number of aliphatic hydroxyl groups excluding tert-OH is 1. The Bertz CT molecular complexity index is 1500. The molecule has 0 unspecified atom stereocenters. The first-order chi connectivity index (χ1) is 22.6. The predicted molar refractivity (Wildman–Crippen MR) is 201 cm³/mol. The van der Waals surface area contributed by atoms with Gasteiger partial charge in [0.25, 0.3) is 0 Å². The lowest BCUT2D eigenvalue weighted by atomic mass is 10.2. The van der Waals surface area contributed by atoms with E-state index in [0.717, 1.165) is 98.7 Å². The number of hydrogen-bond acceptors (Lipinski definition) is 15. The van der Waals surface area contributed by atoms with E-state index >= 15 is 0 Å². The average Bonchev–Trinajstić information content (AvgIpc) is 3.81. The summed E-state index contributed by atoms with van der Waals surface area (Å²) in [6, 6.07) is 0. The standard InChI is InChI=1S/2C7H9BrN2S.C7H9N4S.C7H11N3S.CH4O.BrH/c2*1-10-3-2-5-6(4-10)11-7(8)9-5;1-11-3-2-5-6(4-11)12-7(9-5)10-8;1-10-3-2-5-6(4-10)11-7(8)9-5;1-2;/h2*2-4H2,1H3;2-4H2,1H3;2-4H2,1H3,(H2,8,9);2H,1H3;1H/q;;+1;;;/p-1. The third-order valence-electron chi connectivity index (χ3n) is 7.73. The molecule has 8 heterocycles. The molecule has 4 aliphatic heterocycles. The summed E-state index contributed by atoms with van der Waals surface area (Å²) in [4.78, 5) is 34.9. The van der Waals surface area contributed by atoms with E-state index in [-0.39, 0.29) is 17.0 Å². The Kier molecular flexibility index (Phi) is 17.4. The molecule has 0 atom stereocenters. The summed E-state index contributed by atoms with van der Waals surface area (Å²) in [5.41, 5.74) is 10.5. The number of fused-ring (bicyclic) bond motifs is 4. The summed E-state index contributed by atoms with van der Waals surface area (Å²) in [5.74, 6) is 0. The third kappa shape index (κ3) is 12.0. The van der Waals surface area contributed by atoms with Gasteiger partial charge in [0.2, 0.25) is 0 Å². The molecule has 0 saturated carbocycles. The van der Waals surface area contributed by atoms with E-state index in [9.17, 15) is 0 Å². The average molecular weight is 929 g/mol. The molecule has 0 amide bonds. The smallest absolute Gasteiger partial charge is 0.523 e. The molecule has 4 aromatic rings. The number of thiazole rings is 4. The first kappa shape index (κ1) is 41.4. The maximum Gasteiger partial charge on any atom is 0.523 e. The molecule has 0 aliphatic carbocycles. The van der Waals surface area contributed by atoms with Crippen molar-refractivity contribution in [3.05, 3.63) is 55.1 Å². The Morgan fingerprint density at radius 2 is 0.938 bits per heavy atom. The lowest BCUT2D eigenvalue weighted by Crippen LogP contribution is -3.00. The second-order valence-electron chi connectivity index (χ2n) is 11.5. The van der Waals surface area contributed by atoms with Crippen LogP contribution in [0.1, 0.15) is 42.3 Å². The minimum atomic E-state index is 0. The van der Waals surface area contributed by atoms with Crippen LogP contribution in [-0.4, -0.2) is 106 Å². The van der Waals surface area contributed by atoms with Gasteiger partial charge < -0.3 is 47.4 Å². The summed E-state index contributed by atoms with van der Waals surface area (Å²) in [6.45, 7) is 8.52. The van der Waals surface area contributed by atoms with Crippen molar-refractivity contribution in [2.45, 2.75) is 51.9 Å². The number of nitrogens with two attached hydrogens (primary N) is 1. The quantitative estimate of drug-likeness (QED) is 0.252. The van der Waals surface area contributed by atoms with Crippen molar-refractivity contribution in [3.63, 3.8) is 0 Å². The number of nitrogens with zero attached hydrogens (tertiary/aromatic N) is 10. The molecule has 264 valence electrons. The molecular weight excluding hydrogens is 886 g/mol. The monoisotopic (exact) mass is 925 g/mol. The Labute approximate surface area is 326 Å². The molecule has 19 heteroatoms. The molecule has 4 aliphatic rings. The molecular formula is C29H42Br3N11OS4. The first-order valence-electron chi connectivity index (χ1n) is 15.1. The molecule has 4 aromatic heterocycles. The van der Waals surface area contributed by atoms with Gasteiger partial charge in [0.05, 0.1) is 27.4 Å². The van der Waals surface area contributed by atoms with Gasteiger partial charge in [-0.3, -0.25) is 0 Å². The second kappa shape index (κ2) is 20.1. The van der Waals surface area contributed by atoms with Crippen molar-refractivity contribution in [1.82, 2.24) is 39.5 Å². The fraction of sp³-hybridized carbons (Fsp3) is 0.586. The number of likely N-dealkylation sites (N-methyl/N-ethyl adjacent to an activating group) is 4. The normalized spacial score (nSPS) is 17.0. The van der Waals surface area contributed by atoms with Gasteiger partial charge in [0, 0.05) is 105 Å². The molecule has 0 aromatic carbocycles. The van der Waals surface area contributed by atoms with Crippen LogP contribution in [0.15, 0.2) is 7.83 Å². The summed E-state index contributed by atoms with van der Waals surface area (Å²) in [5, 5.41) is 16.7. The van der Waals surface area contributed by atoms with Crippen LogP contribution in [0.4, 0.5) is 10.3 Å². The van der Waals surface area contributed by atoms with Crippen molar-refractivity contribution in [2.24, 2.45) is 0 Å². The van der Waals surface area contributed by atoms with Crippen LogP contribution in [0.2, 0.25) is 0 Å². The molecule has 8 rings (SSSR count). The van der Waals surface area contributed by atoms with E-state index in [4.69, 9.17) is 16.2 Å². The van der Waals surface area contributed by atoms with Gasteiger partial charge in [-0.2, -0.15) is 0 Å². The Hall–Kier alpha value is -1.02. The summed E-state index contributed by atoms with van der Waals surface area (Å²) in [7, 11) is 9.50. The Morgan fingerprint density at radius 1 is 0.604 bits per heavy atom. The zero-order valence-electron chi connectivity index (χ0n) is 27.7. The number of rotatable bonds is 0. The second-order valence-corrected chi connectivity index (χ2v) is 18.4. The Balaban J connectivity index is 0.000000169. The van der Waals surface area contributed by atoms with Gasteiger partial charge in [-0.1, -0.05) is 0 Å². The minimum absolute atomic E-state index is 0. The highest BCUT2D eigenvalue weighted by atomic mass is 79.9. The predicted octanol–water partition coefficient (Wildman–Crippen LogP) is 2.73. The fourth-order valence-electron chi connectivity index (χ4n) is 5.28. The van der Waals surface area contributed by atoms with E-state index in [1.165, 1.54) is 47.9 Å². The van der Waals surface area contributed by atoms with E-state index in [1.807, 2.05) is 0 Å². The highest BCUT2D eigenvalue weighted by Crippen LogP contribution is 2.30. The molecule has 3 N–H and O–H groups in total. The van der Waals surface area contributed by atoms with Gasteiger partial charge >= 0.3 is 5.13 Å². The topological polar surface area (TPSA) is 139 Å². The summed E-state index contributed by atoms with van der Waals surface area (Å²) < 4.78 is 2.05. The maximum atomic E-state index is 8.51. The van der Waals surface area contributed by atoms with Crippen molar-refractivity contribution >= 4 is 87.5 Å². The molecule has 0 saturated heterocycles. The van der Waals surface area contributed by atoms with Crippen LogP contribution in [0.3, 0.4) is 0 Å². The zero-order chi connectivity index (χ0) is 34.1. The highest BCUT2D eigenvalue weighted by molar-refractivity contribution is 9.11. The van der Waals surface area contributed by atoms with Crippen LogP contribution in [0, 0.1) is 5.39 Å². The minimum Gasteiger partial charge on any atom is -1.00 e. The van der Waals surface area contributed by atoms with E-state index < -0.39 is 0 Å². The van der Waals surface area contributed by atoms with Crippen LogP contribution in [-0.2, 0) is 51.9 Å². The molecule has 48 heavy (non-hydrogen) atoms. The van der Waals surface area contributed by atoms with Crippen LogP contribution < -0.4 is 22.7 Å². The van der Waals surface area contributed by atoms with E-state index in [1.54, 1.807) is 34.0 Å². The van der Waals surface area contributed by atoms with Crippen LogP contribution in [0.5, 0.6) is 0 Å². The summed E-state index contributed by atoms with van der Waals surface area (Å²) >= 11 is 13.4. The van der Waals surface area contributed by atoms with Crippen molar-refractivity contribution in [1.29, 1.82) is 5.39 Å². The molecule has 0 bridgehead atoms. The van der Waals surface area contributed by atoms with Gasteiger partial charge in [0.1, 0.15) is 0 Å². The summed E-state index contributed by atoms with van der Waals surface area (Å²) in [6.07, 6.45) is 4.24. The van der Waals surface area contributed by atoms with Crippen LogP contribution >= 0.6 is 77.2 Å². The van der Waals surface area contributed by atoms with Gasteiger partial charge in [-0.05, 0) is 76.4 Å². The van der Waals surface area contributed by atoms with Crippen molar-refractivity contribution in [2.75, 3.05) is 67.2 Å². The third-order valence-corrected chi connectivity index (χ3v) is 12.7. The van der Waals surface area contributed by atoms with E-state index in [2.05, 4.69) is 105 Å². The van der Waals surface area contributed by atoms with Gasteiger partial charge in [-0.15, -0.1) is 34.0 Å². The molecule has 0 spiro atoms. The Morgan fingerprint density at radius 3 is 1.33 bits per heavy atom. The van der Waals surface area contributed by atoms with Gasteiger partial charge in [0.15, 0.2) is 18.7 Å². The number of aliphatic hydroxyl groups is 1. The lowest BCUT2D eigenvalue weighted by molar-refractivity contribution is -0.0000107. The SMILES string of the molecule is CN1CCc2nc(Br)sc2C1.CN1CCc2nc(Br)sc2C1.CN1CCc2nc(N)sc2C1.CN1CCc2nc([N+]#N)sc2C1.CO.[Br-]. The molecule has 0 radical (unpaired) electrons. The molecule has 12 nitrogen and oxygen atoms in total. The fourth-order valence-corrected chi connectivity index (χ4v) is 10.6. The number of anilines is 1. The number of halogens is 3. The van der Waals surface area contributed by atoms with Crippen LogP contribution in [0.25, 0.3) is 4.98 Å². The van der Waals surface area contributed by atoms with Crippen molar-refractivity contribution < 1.29 is 22.1 Å². The number of hydrogen-bond donors (Lipinski definition) is 2. The highest BCUT2D eigenvalue weighted by Gasteiger charge is 2.25. The van der Waals surface area contributed by atoms with Gasteiger partial charge in [-0.25, -0.2) is 15.0 Å². The number of nitrogen functional groups attached to an aromatic ring is 1. The maximum absolute atomic E-state index is 8.51. The number of aromatic nitrogens is 4. The molecule has 0 fully saturated rings. The largest absolute Gasteiger partial charge is 1.00 e. The number of diazo groups is 1.